The van der Waals surface area contributed by atoms with Crippen molar-refractivity contribution in [2.45, 2.75) is 62.7 Å². The highest BCUT2D eigenvalue weighted by Crippen LogP contribution is 2.61. The maximum absolute atomic E-state index is 15.3. The number of fused-ring (bicyclic) bond motifs is 5. The molecule has 5 atom stereocenters. The van der Waals surface area contributed by atoms with E-state index in [1.165, 1.54) is 0 Å². The van der Waals surface area contributed by atoms with Crippen molar-refractivity contribution in [2.24, 2.45) is 5.92 Å². The minimum Gasteiger partial charge on any atom is -0.454 e. The molecule has 0 bridgehead atoms. The summed E-state index contributed by atoms with van der Waals surface area (Å²) >= 11 is 0. The third kappa shape index (κ3) is 5.60. The standard InChI is InChI=1S/C45H43N3O7Si/c1-28-42(56(2,3)53)40(25-41(50)46-26-30-14-8-7-13-29(30)23-33(46)27-49)55-45(28)35-24-32(21-22-36(35)48(44(45)52)31-15-5-4-6-16-31)47-37-18-10-12-20-39(37)54-38-19-11-9-17-34(38)43(47)51/h4-22,24,28,33,40,42,49,53H,23,25-27H2,1-3H3/t28-,33+,40+,42-,45+/m1/s1. The Labute approximate surface area is 326 Å². The molecule has 0 radical (unpaired) electrons. The molecule has 10 nitrogen and oxygen atoms in total. The van der Waals surface area contributed by atoms with Crippen molar-refractivity contribution < 1.29 is 33.8 Å². The SMILES string of the molecule is C[C@@H]1[C@@H]([Si](C)(C)O)[C@H](CC(=O)N2Cc3ccccc3C[C@H]2CO)O[C@@]12C(=O)N(c1ccccc1)c1ccc(N3C(=O)c4ccccc4Oc4ccccc43)cc12. The van der Waals surface area contributed by atoms with Crippen molar-refractivity contribution in [3.63, 3.8) is 0 Å². The van der Waals surface area contributed by atoms with E-state index in [-0.39, 0.29) is 30.7 Å². The quantitative estimate of drug-likeness (QED) is 0.171. The lowest BCUT2D eigenvalue weighted by molar-refractivity contribution is -0.150. The number of ether oxygens (including phenoxy) is 2. The molecule has 4 aliphatic rings. The van der Waals surface area contributed by atoms with Crippen LogP contribution in [0.1, 0.15) is 40.4 Å². The summed E-state index contributed by atoms with van der Waals surface area (Å²) in [6, 6.07) is 36.9. The molecule has 0 aliphatic carbocycles. The molecule has 4 aliphatic heterocycles. The van der Waals surface area contributed by atoms with Crippen molar-refractivity contribution in [3.05, 3.63) is 144 Å². The van der Waals surface area contributed by atoms with Gasteiger partial charge in [0, 0.05) is 34.9 Å². The maximum Gasteiger partial charge on any atom is 0.268 e. The van der Waals surface area contributed by atoms with Gasteiger partial charge in [0.2, 0.25) is 5.91 Å². The predicted octanol–water partition coefficient (Wildman–Crippen LogP) is 7.58. The number of aliphatic hydroxyl groups is 1. The molecule has 4 heterocycles. The number of aliphatic hydroxyl groups excluding tert-OH is 1. The minimum atomic E-state index is -3.14. The van der Waals surface area contributed by atoms with Crippen molar-refractivity contribution in [1.82, 2.24) is 4.90 Å². The van der Waals surface area contributed by atoms with E-state index in [2.05, 4.69) is 0 Å². The van der Waals surface area contributed by atoms with E-state index in [9.17, 15) is 19.5 Å². The van der Waals surface area contributed by atoms with Crippen LogP contribution in [0.4, 0.5) is 22.7 Å². The summed E-state index contributed by atoms with van der Waals surface area (Å²) in [5, 5.41) is 10.4. The number of rotatable bonds is 6. The Morgan fingerprint density at radius 3 is 2.23 bits per heavy atom. The number of hydrogen-bond acceptors (Lipinski definition) is 7. The van der Waals surface area contributed by atoms with E-state index < -0.39 is 37.5 Å². The van der Waals surface area contributed by atoms with Gasteiger partial charge in [-0.2, -0.15) is 0 Å². The van der Waals surface area contributed by atoms with Crippen LogP contribution in [0.2, 0.25) is 18.6 Å². The van der Waals surface area contributed by atoms with Crippen LogP contribution in [-0.2, 0) is 32.9 Å². The van der Waals surface area contributed by atoms with Gasteiger partial charge in [0.15, 0.2) is 19.7 Å². The fourth-order valence-corrected chi connectivity index (χ4v) is 12.1. The number of para-hydroxylation sites is 4. The zero-order valence-electron chi connectivity index (χ0n) is 31.5. The lowest BCUT2D eigenvalue weighted by Crippen LogP contribution is -2.48. The molecule has 1 saturated heterocycles. The van der Waals surface area contributed by atoms with E-state index >= 15 is 4.79 Å². The Balaban J connectivity index is 1.17. The van der Waals surface area contributed by atoms with Crippen molar-refractivity contribution >= 4 is 48.8 Å². The highest BCUT2D eigenvalue weighted by atomic mass is 28.4. The molecule has 9 rings (SSSR count). The first-order valence-electron chi connectivity index (χ1n) is 19.1. The predicted molar refractivity (Wildman–Crippen MR) is 215 cm³/mol. The Morgan fingerprint density at radius 2 is 1.48 bits per heavy atom. The maximum atomic E-state index is 15.3. The fourth-order valence-electron chi connectivity index (χ4n) is 9.56. The molecule has 1 fully saturated rings. The Morgan fingerprint density at radius 1 is 0.804 bits per heavy atom. The van der Waals surface area contributed by atoms with Gasteiger partial charge in [-0.3, -0.25) is 24.2 Å². The highest BCUT2D eigenvalue weighted by Gasteiger charge is 2.67. The van der Waals surface area contributed by atoms with E-state index in [0.717, 1.165) is 11.1 Å². The molecule has 5 aromatic rings. The van der Waals surface area contributed by atoms with Crippen molar-refractivity contribution in [2.75, 3.05) is 16.4 Å². The minimum absolute atomic E-state index is 0.0772. The molecule has 0 aromatic heterocycles. The highest BCUT2D eigenvalue weighted by molar-refractivity contribution is 6.71. The van der Waals surface area contributed by atoms with Gasteiger partial charge in [0.25, 0.3) is 11.8 Å². The van der Waals surface area contributed by atoms with Gasteiger partial charge in [0.05, 0.1) is 42.1 Å². The van der Waals surface area contributed by atoms with Crippen LogP contribution in [0.25, 0.3) is 0 Å². The lowest BCUT2D eigenvalue weighted by Gasteiger charge is -2.37. The first-order chi connectivity index (χ1) is 27.0. The van der Waals surface area contributed by atoms with Gasteiger partial charge in [-0.05, 0) is 85.2 Å². The molecular formula is C45H43N3O7Si. The average molecular weight is 766 g/mol. The van der Waals surface area contributed by atoms with Gasteiger partial charge in [0.1, 0.15) is 5.75 Å². The first kappa shape index (κ1) is 36.1. The molecular weight excluding hydrogens is 723 g/mol. The number of amides is 3. The zero-order chi connectivity index (χ0) is 38.9. The van der Waals surface area contributed by atoms with Crippen LogP contribution in [0, 0.1) is 5.92 Å². The third-order valence-corrected chi connectivity index (χ3v) is 14.6. The Bertz CT molecular complexity index is 2380. The van der Waals surface area contributed by atoms with Crippen molar-refractivity contribution in [3.8, 4) is 11.5 Å². The van der Waals surface area contributed by atoms with Crippen LogP contribution in [0.5, 0.6) is 11.5 Å². The van der Waals surface area contributed by atoms with Crippen LogP contribution >= 0.6 is 0 Å². The van der Waals surface area contributed by atoms with Crippen LogP contribution in [0.3, 0.4) is 0 Å². The molecule has 284 valence electrons. The summed E-state index contributed by atoms with van der Waals surface area (Å²) in [7, 11) is -3.14. The van der Waals surface area contributed by atoms with Gasteiger partial charge in [-0.25, -0.2) is 0 Å². The van der Waals surface area contributed by atoms with Gasteiger partial charge in [-0.1, -0.05) is 73.7 Å². The van der Waals surface area contributed by atoms with Crippen LogP contribution in [-0.4, -0.2) is 59.6 Å². The smallest absolute Gasteiger partial charge is 0.268 e. The monoisotopic (exact) mass is 765 g/mol. The largest absolute Gasteiger partial charge is 0.454 e. The Kier molecular flexibility index (Phi) is 8.73. The number of anilines is 4. The molecule has 2 N–H and O–H groups in total. The first-order valence-corrected chi connectivity index (χ1v) is 22.2. The molecule has 0 unspecified atom stereocenters. The number of hydrogen-bond donors (Lipinski definition) is 2. The van der Waals surface area contributed by atoms with Crippen LogP contribution in [0.15, 0.2) is 121 Å². The fraction of sp³-hybridized carbons (Fsp3) is 0.267. The molecule has 3 amide bonds. The molecule has 0 saturated carbocycles. The second kappa shape index (κ2) is 13.6. The molecule has 56 heavy (non-hydrogen) atoms. The third-order valence-electron chi connectivity index (χ3n) is 12.1. The number of benzene rings is 5. The summed E-state index contributed by atoms with van der Waals surface area (Å²) in [6.07, 6.45) is -0.355. The second-order valence-electron chi connectivity index (χ2n) is 15.8. The summed E-state index contributed by atoms with van der Waals surface area (Å²) in [5.41, 5.74) is 3.25. The van der Waals surface area contributed by atoms with Gasteiger partial charge < -0.3 is 24.3 Å². The van der Waals surface area contributed by atoms with E-state index in [1.54, 1.807) is 32.9 Å². The second-order valence-corrected chi connectivity index (χ2v) is 19.8. The molecule has 1 spiro atoms. The lowest BCUT2D eigenvalue weighted by atomic mass is 9.82. The summed E-state index contributed by atoms with van der Waals surface area (Å²) < 4.78 is 13.4. The van der Waals surface area contributed by atoms with Gasteiger partial charge in [-0.15, -0.1) is 0 Å². The van der Waals surface area contributed by atoms with E-state index in [4.69, 9.17) is 9.47 Å². The summed E-state index contributed by atoms with van der Waals surface area (Å²) in [5.74, 6) is -0.445. The Hall–Kier alpha value is -5.59. The van der Waals surface area contributed by atoms with E-state index in [1.807, 2.05) is 123 Å². The van der Waals surface area contributed by atoms with Crippen LogP contribution < -0.4 is 14.5 Å². The number of carbonyl (C=O) groups excluding carboxylic acids is 3. The summed E-state index contributed by atoms with van der Waals surface area (Å²) in [4.78, 5) is 61.2. The summed E-state index contributed by atoms with van der Waals surface area (Å²) in [6.45, 7) is 5.76. The van der Waals surface area contributed by atoms with E-state index in [0.29, 0.717) is 58.3 Å². The number of carbonyl (C=O) groups is 3. The topological polar surface area (TPSA) is 120 Å². The average Bonchev–Trinajstić information content (AvgIpc) is 3.58. The molecule has 5 aromatic carbocycles. The number of nitrogens with zero attached hydrogens (tertiary/aromatic N) is 3. The molecule has 11 heteroatoms. The van der Waals surface area contributed by atoms with Crippen molar-refractivity contribution in [1.29, 1.82) is 0 Å². The van der Waals surface area contributed by atoms with Gasteiger partial charge >= 0.3 is 0 Å². The normalized spacial score (nSPS) is 24.0. The zero-order valence-corrected chi connectivity index (χ0v) is 32.5.